The van der Waals surface area contributed by atoms with Crippen LogP contribution in [-0.2, 0) is 6.42 Å². The zero-order valence-electron chi connectivity index (χ0n) is 10.6. The number of hydrogen-bond acceptors (Lipinski definition) is 3. The normalized spacial score (nSPS) is 14.0. The number of nitrogens with two attached hydrogens (primary N) is 1. The predicted octanol–water partition coefficient (Wildman–Crippen LogP) is 2.45. The number of anilines is 2. The monoisotopic (exact) mass is 252 g/mol. The van der Waals surface area contributed by atoms with Crippen molar-refractivity contribution in [2.45, 2.75) is 12.8 Å². The molecule has 0 aliphatic carbocycles. The van der Waals surface area contributed by atoms with Gasteiger partial charge in [0, 0.05) is 24.0 Å². The molecule has 0 bridgehead atoms. The van der Waals surface area contributed by atoms with Crippen molar-refractivity contribution in [3.63, 3.8) is 0 Å². The van der Waals surface area contributed by atoms with E-state index in [0.717, 1.165) is 25.2 Å². The molecule has 4 heteroatoms. The van der Waals surface area contributed by atoms with E-state index in [4.69, 9.17) is 11.1 Å². The van der Waals surface area contributed by atoms with Gasteiger partial charge in [-0.2, -0.15) is 0 Å². The number of fused-ring (bicyclic) bond motifs is 1. The highest BCUT2D eigenvalue weighted by Gasteiger charge is 2.18. The molecule has 2 aromatic rings. The van der Waals surface area contributed by atoms with E-state index in [0.29, 0.717) is 5.56 Å². The Kier molecular flexibility index (Phi) is 2.91. The summed E-state index contributed by atoms with van der Waals surface area (Å²) in [5.74, 6) is 0.968. The number of aryl methyl sites for hydroxylation is 1. The lowest BCUT2D eigenvalue weighted by atomic mass is 10.0. The van der Waals surface area contributed by atoms with E-state index in [1.165, 1.54) is 11.3 Å². The molecule has 0 unspecified atom stereocenters. The first-order chi connectivity index (χ1) is 9.25. The van der Waals surface area contributed by atoms with Crippen molar-refractivity contribution in [3.8, 4) is 0 Å². The summed E-state index contributed by atoms with van der Waals surface area (Å²) in [6.45, 7) is 0.976. The maximum Gasteiger partial charge on any atom is 0.132 e. The predicted molar refractivity (Wildman–Crippen MR) is 77.0 cm³/mol. The summed E-state index contributed by atoms with van der Waals surface area (Å²) in [6, 6.07) is 12.2. The third-order valence-electron chi connectivity index (χ3n) is 3.45. The number of aromatic nitrogens is 1. The number of nitrogens with zero attached hydrogens (tertiary/aromatic N) is 2. The lowest BCUT2D eigenvalue weighted by molar-refractivity contribution is 0.759. The maximum atomic E-state index is 7.39. The van der Waals surface area contributed by atoms with Gasteiger partial charge < -0.3 is 10.6 Å². The number of nitrogen functional groups attached to an aromatic ring is 1. The van der Waals surface area contributed by atoms with Crippen molar-refractivity contribution >= 4 is 17.3 Å². The van der Waals surface area contributed by atoms with Gasteiger partial charge in [-0.1, -0.05) is 18.2 Å². The summed E-state index contributed by atoms with van der Waals surface area (Å²) >= 11 is 0. The number of para-hydroxylation sites is 1. The minimum atomic E-state index is 0.0538. The first-order valence-electron chi connectivity index (χ1n) is 6.41. The van der Waals surface area contributed by atoms with Crippen molar-refractivity contribution in [2.75, 3.05) is 11.4 Å². The smallest absolute Gasteiger partial charge is 0.132 e. The molecule has 0 saturated carbocycles. The van der Waals surface area contributed by atoms with Crippen molar-refractivity contribution in [1.82, 2.24) is 4.98 Å². The van der Waals surface area contributed by atoms with Crippen LogP contribution >= 0.6 is 0 Å². The van der Waals surface area contributed by atoms with Crippen LogP contribution in [0.4, 0.5) is 11.5 Å². The van der Waals surface area contributed by atoms with Crippen molar-refractivity contribution in [2.24, 2.45) is 5.73 Å². The largest absolute Gasteiger partial charge is 0.384 e. The summed E-state index contributed by atoms with van der Waals surface area (Å²) in [4.78, 5) is 6.65. The number of rotatable bonds is 2. The Hall–Kier alpha value is -2.36. The topological polar surface area (TPSA) is 66.0 Å². The Morgan fingerprint density at radius 3 is 2.79 bits per heavy atom. The quantitative estimate of drug-likeness (QED) is 0.637. The summed E-state index contributed by atoms with van der Waals surface area (Å²) < 4.78 is 0. The molecule has 1 aliphatic rings. The van der Waals surface area contributed by atoms with Crippen LogP contribution in [0.3, 0.4) is 0 Å². The summed E-state index contributed by atoms with van der Waals surface area (Å²) in [5.41, 5.74) is 8.71. The molecule has 1 aromatic heterocycles. The third-order valence-corrected chi connectivity index (χ3v) is 3.45. The average molecular weight is 252 g/mol. The van der Waals surface area contributed by atoms with Gasteiger partial charge in [0.25, 0.3) is 0 Å². The Balaban J connectivity index is 1.97. The molecule has 96 valence electrons. The third kappa shape index (κ3) is 2.17. The van der Waals surface area contributed by atoms with Gasteiger partial charge in [0.15, 0.2) is 0 Å². The minimum Gasteiger partial charge on any atom is -0.384 e. The lowest BCUT2D eigenvalue weighted by Gasteiger charge is -2.30. The van der Waals surface area contributed by atoms with Gasteiger partial charge in [-0.05, 0) is 36.6 Å². The number of nitrogens with one attached hydrogen (secondary N) is 1. The van der Waals surface area contributed by atoms with Gasteiger partial charge in [0.05, 0.1) is 0 Å². The van der Waals surface area contributed by atoms with Crippen LogP contribution in [0.15, 0.2) is 42.6 Å². The lowest BCUT2D eigenvalue weighted by Crippen LogP contribution is -2.25. The van der Waals surface area contributed by atoms with Crippen LogP contribution in [0.5, 0.6) is 0 Å². The van der Waals surface area contributed by atoms with Crippen molar-refractivity contribution < 1.29 is 0 Å². The second-order valence-corrected chi connectivity index (χ2v) is 4.70. The molecular formula is C15H16N4. The van der Waals surface area contributed by atoms with Gasteiger partial charge in [0.2, 0.25) is 0 Å². The van der Waals surface area contributed by atoms with Gasteiger partial charge in [-0.3, -0.25) is 5.41 Å². The molecule has 1 aliphatic heterocycles. The van der Waals surface area contributed by atoms with E-state index < -0.39 is 0 Å². The first kappa shape index (κ1) is 11.7. The van der Waals surface area contributed by atoms with E-state index in [1.54, 1.807) is 6.20 Å². The highest BCUT2D eigenvalue weighted by molar-refractivity contribution is 5.94. The number of benzene rings is 1. The Morgan fingerprint density at radius 2 is 2.05 bits per heavy atom. The standard InChI is InChI=1S/C15H16N4/c16-15(17)12-7-8-14(18-10-12)19-9-3-5-11-4-1-2-6-13(11)19/h1-2,4,6-8,10H,3,5,9H2,(H3,16,17). The molecular weight excluding hydrogens is 236 g/mol. The molecule has 2 heterocycles. The van der Waals surface area contributed by atoms with E-state index >= 15 is 0 Å². The summed E-state index contributed by atoms with van der Waals surface area (Å²) in [6.07, 6.45) is 3.92. The molecule has 0 amide bonds. The van der Waals surface area contributed by atoms with Crippen LogP contribution < -0.4 is 10.6 Å². The van der Waals surface area contributed by atoms with E-state index in [9.17, 15) is 0 Å². The highest BCUT2D eigenvalue weighted by atomic mass is 15.2. The van der Waals surface area contributed by atoms with Crippen LogP contribution in [0.2, 0.25) is 0 Å². The van der Waals surface area contributed by atoms with E-state index in [-0.39, 0.29) is 5.84 Å². The van der Waals surface area contributed by atoms with Crippen LogP contribution in [0.25, 0.3) is 0 Å². The van der Waals surface area contributed by atoms with Crippen molar-refractivity contribution in [3.05, 3.63) is 53.7 Å². The molecule has 0 fully saturated rings. The summed E-state index contributed by atoms with van der Waals surface area (Å²) in [5, 5.41) is 7.39. The van der Waals surface area contributed by atoms with E-state index in [2.05, 4.69) is 34.1 Å². The van der Waals surface area contributed by atoms with Gasteiger partial charge in [-0.15, -0.1) is 0 Å². The number of hydrogen-bond donors (Lipinski definition) is 2. The molecule has 1 aromatic carbocycles. The molecule has 0 spiro atoms. The second-order valence-electron chi connectivity index (χ2n) is 4.70. The molecule has 0 radical (unpaired) electrons. The fourth-order valence-corrected chi connectivity index (χ4v) is 2.48. The van der Waals surface area contributed by atoms with Crippen LogP contribution in [-0.4, -0.2) is 17.4 Å². The zero-order chi connectivity index (χ0) is 13.2. The van der Waals surface area contributed by atoms with Crippen molar-refractivity contribution in [1.29, 1.82) is 5.41 Å². The van der Waals surface area contributed by atoms with E-state index in [1.807, 2.05) is 12.1 Å². The molecule has 3 rings (SSSR count). The maximum absolute atomic E-state index is 7.39. The van der Waals surface area contributed by atoms with Gasteiger partial charge in [-0.25, -0.2) is 4.98 Å². The number of amidine groups is 1. The van der Waals surface area contributed by atoms with Crippen LogP contribution in [0.1, 0.15) is 17.5 Å². The number of pyridine rings is 1. The van der Waals surface area contributed by atoms with Crippen LogP contribution in [0, 0.1) is 5.41 Å². The summed E-state index contributed by atoms with van der Waals surface area (Å²) in [7, 11) is 0. The molecule has 3 N–H and O–H groups in total. The fourth-order valence-electron chi connectivity index (χ4n) is 2.48. The SMILES string of the molecule is N=C(N)c1ccc(N2CCCc3ccccc32)nc1. The Morgan fingerprint density at radius 1 is 1.21 bits per heavy atom. The molecule has 19 heavy (non-hydrogen) atoms. The highest BCUT2D eigenvalue weighted by Crippen LogP contribution is 2.31. The minimum absolute atomic E-state index is 0.0538. The second kappa shape index (κ2) is 4.72. The van der Waals surface area contributed by atoms with Gasteiger partial charge >= 0.3 is 0 Å². The molecule has 0 atom stereocenters. The molecule has 0 saturated heterocycles. The molecule has 4 nitrogen and oxygen atoms in total. The Labute approximate surface area is 112 Å². The first-order valence-corrected chi connectivity index (χ1v) is 6.41. The average Bonchev–Trinajstić information content (AvgIpc) is 2.47. The van der Waals surface area contributed by atoms with Gasteiger partial charge in [0.1, 0.15) is 11.7 Å². The zero-order valence-corrected chi connectivity index (χ0v) is 10.6. The fraction of sp³-hybridized carbons (Fsp3) is 0.200. The Bertz CT molecular complexity index is 604.